The quantitative estimate of drug-likeness (QED) is 0.467. The van der Waals surface area contributed by atoms with E-state index in [1.165, 1.54) is 0 Å². The molecule has 1 amide bonds. The second kappa shape index (κ2) is 2.74. The number of rotatable bonds is 0. The fourth-order valence-corrected chi connectivity index (χ4v) is 1.28. The molecular formula is C9H10N2O2. The largest absolute Gasteiger partial charge is 0.481 e. The zero-order valence-electron chi connectivity index (χ0n) is 7.28. The maximum absolute atomic E-state index is 11.1. The topological polar surface area (TPSA) is 55.6 Å². The second-order valence-corrected chi connectivity index (χ2v) is 3.02. The van der Waals surface area contributed by atoms with Crippen LogP contribution in [0.15, 0.2) is 18.2 Å². The fraction of sp³-hybridized carbons (Fsp3) is 0.222. The van der Waals surface area contributed by atoms with Crippen molar-refractivity contribution in [2.45, 2.75) is 6.92 Å². The summed E-state index contributed by atoms with van der Waals surface area (Å²) >= 11 is 0. The lowest BCUT2D eigenvalue weighted by Gasteiger charge is -2.25. The van der Waals surface area contributed by atoms with Crippen LogP contribution < -0.4 is 15.6 Å². The molecule has 0 radical (unpaired) electrons. The smallest absolute Gasteiger partial charge is 0.279 e. The SMILES string of the molecule is Cc1ccc2c(c1)N(N)C(=O)CO2. The van der Waals surface area contributed by atoms with Crippen LogP contribution >= 0.6 is 0 Å². The number of carbonyl (C=O) groups is 1. The number of hydrogen-bond donors (Lipinski definition) is 1. The van der Waals surface area contributed by atoms with Crippen LogP contribution in [0.3, 0.4) is 0 Å². The van der Waals surface area contributed by atoms with Gasteiger partial charge in [-0.15, -0.1) is 0 Å². The van der Waals surface area contributed by atoms with Gasteiger partial charge in [0.2, 0.25) is 0 Å². The van der Waals surface area contributed by atoms with Crippen molar-refractivity contribution in [3.63, 3.8) is 0 Å². The highest BCUT2D eigenvalue weighted by atomic mass is 16.5. The van der Waals surface area contributed by atoms with Gasteiger partial charge in [-0.05, 0) is 24.6 Å². The predicted molar refractivity (Wildman–Crippen MR) is 48.3 cm³/mol. The van der Waals surface area contributed by atoms with Crippen LogP contribution in [0.1, 0.15) is 5.56 Å². The number of ether oxygens (including phenoxy) is 1. The van der Waals surface area contributed by atoms with Crippen molar-refractivity contribution in [3.8, 4) is 5.75 Å². The van der Waals surface area contributed by atoms with Crippen molar-refractivity contribution in [1.29, 1.82) is 0 Å². The van der Waals surface area contributed by atoms with Gasteiger partial charge in [0.25, 0.3) is 5.91 Å². The zero-order chi connectivity index (χ0) is 9.42. The first-order valence-corrected chi connectivity index (χ1v) is 3.99. The van der Waals surface area contributed by atoms with Crippen molar-refractivity contribution >= 4 is 11.6 Å². The van der Waals surface area contributed by atoms with Crippen molar-refractivity contribution < 1.29 is 9.53 Å². The number of benzene rings is 1. The van der Waals surface area contributed by atoms with Crippen LogP contribution in [0.4, 0.5) is 5.69 Å². The lowest BCUT2D eigenvalue weighted by atomic mass is 10.2. The first-order chi connectivity index (χ1) is 6.18. The maximum atomic E-state index is 11.1. The van der Waals surface area contributed by atoms with E-state index in [-0.39, 0.29) is 12.5 Å². The van der Waals surface area contributed by atoms with Gasteiger partial charge in [0.1, 0.15) is 11.4 Å². The molecule has 0 unspecified atom stereocenters. The van der Waals surface area contributed by atoms with Gasteiger partial charge < -0.3 is 4.74 Å². The Morgan fingerprint density at radius 3 is 3.08 bits per heavy atom. The molecule has 1 aromatic rings. The molecular weight excluding hydrogens is 168 g/mol. The van der Waals surface area contributed by atoms with Crippen molar-refractivity contribution in [2.24, 2.45) is 5.84 Å². The summed E-state index contributed by atoms with van der Waals surface area (Å²) in [4.78, 5) is 11.1. The molecule has 1 aliphatic heterocycles. The van der Waals surface area contributed by atoms with Gasteiger partial charge in [-0.3, -0.25) is 4.79 Å². The number of aryl methyl sites for hydroxylation is 1. The van der Waals surface area contributed by atoms with E-state index in [4.69, 9.17) is 10.6 Å². The van der Waals surface area contributed by atoms with Gasteiger partial charge in [-0.2, -0.15) is 0 Å². The first-order valence-electron chi connectivity index (χ1n) is 3.99. The van der Waals surface area contributed by atoms with E-state index in [1.54, 1.807) is 0 Å². The van der Waals surface area contributed by atoms with Gasteiger partial charge in [0.15, 0.2) is 6.61 Å². The van der Waals surface area contributed by atoms with E-state index in [0.717, 1.165) is 10.6 Å². The van der Waals surface area contributed by atoms with E-state index < -0.39 is 0 Å². The summed E-state index contributed by atoms with van der Waals surface area (Å²) in [5.41, 5.74) is 1.68. The summed E-state index contributed by atoms with van der Waals surface area (Å²) in [6, 6.07) is 5.56. The minimum Gasteiger partial charge on any atom is -0.481 e. The molecule has 0 saturated carbocycles. The summed E-state index contributed by atoms with van der Waals surface area (Å²) in [6.07, 6.45) is 0. The van der Waals surface area contributed by atoms with E-state index in [2.05, 4.69) is 0 Å². The Bertz CT molecular complexity index is 363. The second-order valence-electron chi connectivity index (χ2n) is 3.02. The van der Waals surface area contributed by atoms with Crippen LogP contribution in [0.25, 0.3) is 0 Å². The molecule has 68 valence electrons. The molecule has 0 spiro atoms. The Hall–Kier alpha value is -1.55. The molecule has 1 aromatic carbocycles. The van der Waals surface area contributed by atoms with Crippen LogP contribution in [0.2, 0.25) is 0 Å². The highest BCUT2D eigenvalue weighted by Gasteiger charge is 2.22. The van der Waals surface area contributed by atoms with Gasteiger partial charge in [0.05, 0.1) is 0 Å². The predicted octanol–water partition coefficient (Wildman–Crippen LogP) is 0.594. The highest BCUT2D eigenvalue weighted by molar-refractivity contribution is 5.96. The van der Waals surface area contributed by atoms with E-state index in [1.807, 2.05) is 25.1 Å². The minimum absolute atomic E-state index is 0.0204. The molecule has 0 aliphatic carbocycles. The average Bonchev–Trinajstić information content (AvgIpc) is 2.12. The van der Waals surface area contributed by atoms with Crippen LogP contribution in [0.5, 0.6) is 5.75 Å². The summed E-state index contributed by atoms with van der Waals surface area (Å²) in [6.45, 7) is 1.96. The van der Waals surface area contributed by atoms with Crippen LogP contribution in [0, 0.1) is 6.92 Å². The van der Waals surface area contributed by atoms with E-state index in [9.17, 15) is 4.79 Å². The molecule has 0 aromatic heterocycles. The molecule has 0 atom stereocenters. The Kier molecular flexibility index (Phi) is 1.70. The Balaban J connectivity index is 2.51. The summed E-state index contributed by atoms with van der Waals surface area (Å²) in [7, 11) is 0. The number of anilines is 1. The minimum atomic E-state index is -0.224. The average molecular weight is 178 g/mol. The third-order valence-corrected chi connectivity index (χ3v) is 1.99. The number of hydrogen-bond acceptors (Lipinski definition) is 3. The molecule has 2 N–H and O–H groups in total. The third-order valence-electron chi connectivity index (χ3n) is 1.99. The highest BCUT2D eigenvalue weighted by Crippen LogP contribution is 2.30. The normalized spacial score (nSPS) is 15.2. The molecule has 1 aliphatic rings. The summed E-state index contributed by atoms with van der Waals surface area (Å²) in [5.74, 6) is 6.00. The molecule has 4 heteroatoms. The molecule has 4 nitrogen and oxygen atoms in total. The summed E-state index contributed by atoms with van der Waals surface area (Å²) < 4.78 is 5.19. The van der Waals surface area contributed by atoms with Crippen molar-refractivity contribution in [3.05, 3.63) is 23.8 Å². The van der Waals surface area contributed by atoms with Crippen LogP contribution in [-0.2, 0) is 4.79 Å². The number of fused-ring (bicyclic) bond motifs is 1. The molecule has 13 heavy (non-hydrogen) atoms. The van der Waals surface area contributed by atoms with Crippen molar-refractivity contribution in [1.82, 2.24) is 0 Å². The van der Waals surface area contributed by atoms with Gasteiger partial charge in [-0.25, -0.2) is 10.9 Å². The summed E-state index contributed by atoms with van der Waals surface area (Å²) in [5, 5.41) is 1.13. The van der Waals surface area contributed by atoms with Crippen LogP contribution in [-0.4, -0.2) is 12.5 Å². The molecule has 0 saturated heterocycles. The lowest BCUT2D eigenvalue weighted by molar-refractivity contribution is -0.121. The monoisotopic (exact) mass is 178 g/mol. The number of hydrazine groups is 1. The van der Waals surface area contributed by atoms with Crippen molar-refractivity contribution in [2.75, 3.05) is 11.6 Å². The molecule has 0 fully saturated rings. The zero-order valence-corrected chi connectivity index (χ0v) is 7.28. The number of nitrogens with zero attached hydrogens (tertiary/aromatic N) is 1. The Morgan fingerprint density at radius 2 is 2.31 bits per heavy atom. The Morgan fingerprint density at radius 1 is 1.54 bits per heavy atom. The lowest BCUT2D eigenvalue weighted by Crippen LogP contribution is -2.43. The van der Waals surface area contributed by atoms with Gasteiger partial charge in [-0.1, -0.05) is 6.07 Å². The fourth-order valence-electron chi connectivity index (χ4n) is 1.28. The van der Waals surface area contributed by atoms with Gasteiger partial charge >= 0.3 is 0 Å². The number of amides is 1. The maximum Gasteiger partial charge on any atom is 0.279 e. The standard InChI is InChI=1S/C9H10N2O2/c1-6-2-3-8-7(4-6)11(10)9(12)5-13-8/h2-4H,5,10H2,1H3. The third kappa shape index (κ3) is 1.25. The number of nitrogens with two attached hydrogens (primary N) is 1. The van der Waals surface area contributed by atoms with E-state index in [0.29, 0.717) is 11.4 Å². The Labute approximate surface area is 75.9 Å². The van der Waals surface area contributed by atoms with E-state index >= 15 is 0 Å². The molecule has 2 rings (SSSR count). The molecule has 0 bridgehead atoms. The first kappa shape index (κ1) is 8.07. The van der Waals surface area contributed by atoms with Gasteiger partial charge in [0, 0.05) is 0 Å². The molecule has 1 heterocycles. The number of carbonyl (C=O) groups excluding carboxylic acids is 1.